The van der Waals surface area contributed by atoms with Crippen molar-refractivity contribution in [1.29, 1.82) is 0 Å². The van der Waals surface area contributed by atoms with Crippen LogP contribution in [0, 0.1) is 0 Å². The molecule has 0 heterocycles. The average molecular weight is 311 g/mol. The molecular formula is C19H21NO3. The van der Waals surface area contributed by atoms with Gasteiger partial charge in [0.05, 0.1) is 14.2 Å². The Balaban J connectivity index is 2.05. The van der Waals surface area contributed by atoms with Crippen LogP contribution >= 0.6 is 0 Å². The van der Waals surface area contributed by atoms with Crippen LogP contribution in [-0.2, 0) is 11.3 Å². The molecule has 1 N–H and O–H groups in total. The normalized spacial score (nSPS) is 11.0. The highest BCUT2D eigenvalue weighted by molar-refractivity contribution is 5.97. The van der Waals surface area contributed by atoms with Crippen molar-refractivity contribution in [2.45, 2.75) is 13.5 Å². The second-order valence-electron chi connectivity index (χ2n) is 5.11. The maximum atomic E-state index is 12.2. The summed E-state index contributed by atoms with van der Waals surface area (Å²) in [5, 5.41) is 2.91. The molecule has 0 saturated heterocycles. The van der Waals surface area contributed by atoms with Crippen molar-refractivity contribution >= 4 is 12.0 Å². The first-order chi connectivity index (χ1) is 11.1. The van der Waals surface area contributed by atoms with Crippen molar-refractivity contribution < 1.29 is 14.3 Å². The van der Waals surface area contributed by atoms with Gasteiger partial charge >= 0.3 is 0 Å². The van der Waals surface area contributed by atoms with E-state index in [0.717, 1.165) is 11.1 Å². The average Bonchev–Trinajstić information content (AvgIpc) is 2.60. The quantitative estimate of drug-likeness (QED) is 0.832. The van der Waals surface area contributed by atoms with Crippen LogP contribution in [0.25, 0.3) is 6.08 Å². The number of methoxy groups -OCH3 is 2. The molecular weight excluding hydrogens is 290 g/mol. The number of hydrogen-bond acceptors (Lipinski definition) is 3. The van der Waals surface area contributed by atoms with Gasteiger partial charge < -0.3 is 14.8 Å². The van der Waals surface area contributed by atoms with Crippen molar-refractivity contribution in [1.82, 2.24) is 5.32 Å². The van der Waals surface area contributed by atoms with Gasteiger partial charge in [-0.05, 0) is 36.3 Å². The van der Waals surface area contributed by atoms with Crippen molar-refractivity contribution in [2.24, 2.45) is 0 Å². The van der Waals surface area contributed by atoms with Crippen LogP contribution in [0.5, 0.6) is 11.5 Å². The summed E-state index contributed by atoms with van der Waals surface area (Å²) in [5.41, 5.74) is 2.59. The number of carbonyl (C=O) groups excluding carboxylic acids is 1. The molecule has 2 aromatic rings. The van der Waals surface area contributed by atoms with E-state index in [-0.39, 0.29) is 5.91 Å². The first-order valence-electron chi connectivity index (χ1n) is 7.36. The van der Waals surface area contributed by atoms with E-state index in [1.807, 2.05) is 54.6 Å². The molecule has 2 aromatic carbocycles. The highest BCUT2D eigenvalue weighted by Crippen LogP contribution is 2.28. The van der Waals surface area contributed by atoms with Crippen LogP contribution in [-0.4, -0.2) is 20.1 Å². The molecule has 0 radical (unpaired) electrons. The third-order valence-corrected chi connectivity index (χ3v) is 3.44. The molecule has 120 valence electrons. The van der Waals surface area contributed by atoms with Gasteiger partial charge in [0.2, 0.25) is 5.91 Å². The van der Waals surface area contributed by atoms with Gasteiger partial charge in [0.15, 0.2) is 11.5 Å². The zero-order chi connectivity index (χ0) is 16.7. The van der Waals surface area contributed by atoms with Gasteiger partial charge in [0, 0.05) is 12.1 Å². The van der Waals surface area contributed by atoms with E-state index in [2.05, 4.69) is 5.32 Å². The molecule has 0 aliphatic rings. The Bertz CT molecular complexity index is 693. The standard InChI is InChI=1S/C19H21NO3/c1-14(19(21)20-13-15-7-5-4-6-8-15)11-16-9-10-17(22-2)18(12-16)23-3/h4-12H,13H2,1-3H3,(H,20,21)/b14-11+. The van der Waals surface area contributed by atoms with Gasteiger partial charge in [0.25, 0.3) is 0 Å². The predicted octanol–water partition coefficient (Wildman–Crippen LogP) is 3.42. The summed E-state index contributed by atoms with van der Waals surface area (Å²) in [6.45, 7) is 2.30. The van der Waals surface area contributed by atoms with Gasteiger partial charge in [-0.2, -0.15) is 0 Å². The number of nitrogens with one attached hydrogen (secondary N) is 1. The largest absolute Gasteiger partial charge is 0.493 e. The Hall–Kier alpha value is -2.75. The Morgan fingerprint density at radius 1 is 1.04 bits per heavy atom. The summed E-state index contributed by atoms with van der Waals surface area (Å²) in [4.78, 5) is 12.2. The topological polar surface area (TPSA) is 47.6 Å². The number of benzene rings is 2. The highest BCUT2D eigenvalue weighted by atomic mass is 16.5. The number of carbonyl (C=O) groups is 1. The van der Waals surface area contributed by atoms with Crippen molar-refractivity contribution in [3.05, 3.63) is 65.2 Å². The molecule has 23 heavy (non-hydrogen) atoms. The molecule has 0 aromatic heterocycles. The third-order valence-electron chi connectivity index (χ3n) is 3.44. The monoisotopic (exact) mass is 311 g/mol. The van der Waals surface area contributed by atoms with Gasteiger partial charge in [-0.25, -0.2) is 0 Å². The third kappa shape index (κ3) is 4.61. The van der Waals surface area contributed by atoms with E-state index in [9.17, 15) is 4.79 Å². The molecule has 1 amide bonds. The fourth-order valence-electron chi connectivity index (χ4n) is 2.18. The lowest BCUT2D eigenvalue weighted by Gasteiger charge is -2.09. The van der Waals surface area contributed by atoms with Crippen LogP contribution in [0.2, 0.25) is 0 Å². The molecule has 0 atom stereocenters. The maximum absolute atomic E-state index is 12.2. The molecule has 4 heteroatoms. The summed E-state index contributed by atoms with van der Waals surface area (Å²) in [6.07, 6.45) is 1.82. The van der Waals surface area contributed by atoms with Crippen molar-refractivity contribution in [3.8, 4) is 11.5 Å². The Kier molecular flexibility index (Phi) is 5.80. The fourth-order valence-corrected chi connectivity index (χ4v) is 2.18. The number of rotatable bonds is 6. The smallest absolute Gasteiger partial charge is 0.247 e. The van der Waals surface area contributed by atoms with E-state index in [0.29, 0.717) is 23.6 Å². The van der Waals surface area contributed by atoms with Gasteiger partial charge in [0.1, 0.15) is 0 Å². The summed E-state index contributed by atoms with van der Waals surface area (Å²) in [7, 11) is 3.18. The second-order valence-corrected chi connectivity index (χ2v) is 5.11. The molecule has 2 rings (SSSR count). The summed E-state index contributed by atoms with van der Waals surface area (Å²) in [6, 6.07) is 15.4. The molecule has 0 aliphatic carbocycles. The van der Waals surface area contributed by atoms with Gasteiger partial charge in [-0.15, -0.1) is 0 Å². The van der Waals surface area contributed by atoms with Crippen LogP contribution in [0.1, 0.15) is 18.1 Å². The lowest BCUT2D eigenvalue weighted by Crippen LogP contribution is -2.23. The minimum absolute atomic E-state index is 0.0939. The molecule has 0 aliphatic heterocycles. The van der Waals surface area contributed by atoms with Gasteiger partial charge in [-0.1, -0.05) is 36.4 Å². The van der Waals surface area contributed by atoms with E-state index < -0.39 is 0 Å². The number of hydrogen-bond donors (Lipinski definition) is 1. The first-order valence-corrected chi connectivity index (χ1v) is 7.36. The zero-order valence-corrected chi connectivity index (χ0v) is 13.6. The van der Waals surface area contributed by atoms with E-state index >= 15 is 0 Å². The molecule has 4 nitrogen and oxygen atoms in total. The van der Waals surface area contributed by atoms with Crippen LogP contribution in [0.4, 0.5) is 0 Å². The Morgan fingerprint density at radius 3 is 2.39 bits per heavy atom. The summed E-state index contributed by atoms with van der Waals surface area (Å²) < 4.78 is 10.5. The van der Waals surface area contributed by atoms with Crippen LogP contribution in [0.3, 0.4) is 0 Å². The highest BCUT2D eigenvalue weighted by Gasteiger charge is 2.07. The van der Waals surface area contributed by atoms with Gasteiger partial charge in [-0.3, -0.25) is 4.79 Å². The molecule has 0 bridgehead atoms. The summed E-state index contributed by atoms with van der Waals surface area (Å²) >= 11 is 0. The van der Waals surface area contributed by atoms with Crippen molar-refractivity contribution in [3.63, 3.8) is 0 Å². The van der Waals surface area contributed by atoms with E-state index in [1.54, 1.807) is 21.1 Å². The lowest BCUT2D eigenvalue weighted by atomic mass is 10.1. The lowest BCUT2D eigenvalue weighted by molar-refractivity contribution is -0.117. The Labute approximate surface area is 136 Å². The number of ether oxygens (including phenoxy) is 2. The molecule has 0 saturated carbocycles. The first kappa shape index (κ1) is 16.6. The number of amides is 1. The Morgan fingerprint density at radius 2 is 1.74 bits per heavy atom. The summed E-state index contributed by atoms with van der Waals surface area (Å²) in [5.74, 6) is 1.21. The predicted molar refractivity (Wildman–Crippen MR) is 91.5 cm³/mol. The zero-order valence-electron chi connectivity index (χ0n) is 13.6. The molecule has 0 unspecified atom stereocenters. The molecule has 0 spiro atoms. The van der Waals surface area contributed by atoms with Crippen LogP contribution in [0.15, 0.2) is 54.1 Å². The second kappa shape index (κ2) is 8.03. The van der Waals surface area contributed by atoms with E-state index in [4.69, 9.17) is 9.47 Å². The minimum atomic E-state index is -0.0939. The SMILES string of the molecule is COc1ccc(/C=C(\C)C(=O)NCc2ccccc2)cc1OC. The molecule has 0 fully saturated rings. The van der Waals surface area contributed by atoms with Crippen molar-refractivity contribution in [2.75, 3.05) is 14.2 Å². The maximum Gasteiger partial charge on any atom is 0.247 e. The van der Waals surface area contributed by atoms with Crippen LogP contribution < -0.4 is 14.8 Å². The minimum Gasteiger partial charge on any atom is -0.493 e. The fraction of sp³-hybridized carbons (Fsp3) is 0.211. The van der Waals surface area contributed by atoms with E-state index in [1.165, 1.54) is 0 Å².